The zero-order chi connectivity index (χ0) is 10.1. The second-order valence-corrected chi connectivity index (χ2v) is 4.57. The lowest BCUT2D eigenvalue weighted by Crippen LogP contribution is -2.38. The molecule has 2 aliphatic rings. The van der Waals surface area contributed by atoms with E-state index in [1.165, 1.54) is 12.8 Å². The molecule has 0 aromatic rings. The molecule has 1 aliphatic carbocycles. The highest BCUT2D eigenvalue weighted by Gasteiger charge is 2.39. The van der Waals surface area contributed by atoms with Crippen LogP contribution in [-0.2, 0) is 4.74 Å². The number of ether oxygens (including phenoxy) is 1. The lowest BCUT2D eigenvalue weighted by Gasteiger charge is -2.24. The van der Waals surface area contributed by atoms with E-state index in [0.29, 0.717) is 12.1 Å². The summed E-state index contributed by atoms with van der Waals surface area (Å²) in [4.78, 5) is 2.14. The first kappa shape index (κ1) is 9.95. The summed E-state index contributed by atoms with van der Waals surface area (Å²) in [6, 6.07) is 2.73. The first-order valence-electron chi connectivity index (χ1n) is 5.45. The fourth-order valence-electron chi connectivity index (χ4n) is 2.13. The molecular weight excluding hydrogens is 176 g/mol. The normalized spacial score (nSPS) is 34.4. The molecule has 1 saturated carbocycles. The summed E-state index contributed by atoms with van der Waals surface area (Å²) in [5, 5.41) is 8.82. The first-order valence-corrected chi connectivity index (χ1v) is 5.45. The average molecular weight is 194 g/mol. The van der Waals surface area contributed by atoms with Crippen molar-refractivity contribution >= 4 is 0 Å². The van der Waals surface area contributed by atoms with Crippen LogP contribution >= 0.6 is 0 Å². The van der Waals surface area contributed by atoms with E-state index in [1.54, 1.807) is 0 Å². The van der Waals surface area contributed by atoms with E-state index in [0.717, 1.165) is 18.9 Å². The fourth-order valence-corrected chi connectivity index (χ4v) is 2.13. The van der Waals surface area contributed by atoms with Gasteiger partial charge in [0, 0.05) is 6.04 Å². The SMILES string of the molecule is CC(C#N)N(C)C1COC(C2CC2)C1. The Kier molecular flexibility index (Phi) is 2.76. The molecule has 14 heavy (non-hydrogen) atoms. The molecule has 2 rings (SSSR count). The summed E-state index contributed by atoms with van der Waals surface area (Å²) in [7, 11) is 2.02. The van der Waals surface area contributed by atoms with Gasteiger partial charge in [-0.15, -0.1) is 0 Å². The van der Waals surface area contributed by atoms with E-state index in [-0.39, 0.29) is 6.04 Å². The summed E-state index contributed by atoms with van der Waals surface area (Å²) in [6.45, 7) is 2.76. The van der Waals surface area contributed by atoms with Gasteiger partial charge in [-0.1, -0.05) is 0 Å². The number of likely N-dealkylation sites (N-methyl/N-ethyl adjacent to an activating group) is 1. The van der Waals surface area contributed by atoms with Crippen LogP contribution in [0, 0.1) is 17.2 Å². The monoisotopic (exact) mass is 194 g/mol. The molecule has 1 saturated heterocycles. The highest BCUT2D eigenvalue weighted by atomic mass is 16.5. The molecule has 2 fully saturated rings. The Hall–Kier alpha value is -0.590. The predicted octanol–water partition coefficient (Wildman–Crippen LogP) is 1.40. The standard InChI is InChI=1S/C11H18N2O/c1-8(6-12)13(2)10-5-11(14-7-10)9-3-4-9/h8-11H,3-5,7H2,1-2H3. The topological polar surface area (TPSA) is 36.3 Å². The maximum atomic E-state index is 8.82. The van der Waals surface area contributed by atoms with Crippen LogP contribution in [0.1, 0.15) is 26.2 Å². The lowest BCUT2D eigenvalue weighted by atomic mass is 10.1. The largest absolute Gasteiger partial charge is 0.376 e. The fraction of sp³-hybridized carbons (Fsp3) is 0.909. The van der Waals surface area contributed by atoms with E-state index in [4.69, 9.17) is 10.00 Å². The van der Waals surface area contributed by atoms with Crippen molar-refractivity contribution in [3.05, 3.63) is 0 Å². The molecule has 0 aromatic heterocycles. The molecule has 0 spiro atoms. The Morgan fingerprint density at radius 1 is 1.50 bits per heavy atom. The Morgan fingerprint density at radius 3 is 2.79 bits per heavy atom. The summed E-state index contributed by atoms with van der Waals surface area (Å²) in [6.07, 6.45) is 4.28. The van der Waals surface area contributed by atoms with E-state index < -0.39 is 0 Å². The van der Waals surface area contributed by atoms with Gasteiger partial charge in [0.05, 0.1) is 24.8 Å². The second kappa shape index (κ2) is 3.88. The van der Waals surface area contributed by atoms with Crippen molar-refractivity contribution in [3.63, 3.8) is 0 Å². The molecule has 0 aromatic carbocycles. The smallest absolute Gasteiger partial charge is 0.0950 e. The Labute approximate surface area is 85.6 Å². The number of hydrogen-bond acceptors (Lipinski definition) is 3. The van der Waals surface area contributed by atoms with Crippen molar-refractivity contribution < 1.29 is 4.74 Å². The Balaban J connectivity index is 1.85. The molecule has 3 atom stereocenters. The number of nitrogens with zero attached hydrogens (tertiary/aromatic N) is 2. The van der Waals surface area contributed by atoms with Gasteiger partial charge < -0.3 is 4.74 Å². The Bertz CT molecular complexity index is 244. The maximum Gasteiger partial charge on any atom is 0.0950 e. The molecule has 0 radical (unpaired) electrons. The molecule has 1 heterocycles. The van der Waals surface area contributed by atoms with E-state index in [9.17, 15) is 0 Å². The summed E-state index contributed by atoms with van der Waals surface area (Å²) in [5.74, 6) is 0.825. The third-order valence-electron chi connectivity index (χ3n) is 3.53. The van der Waals surface area contributed by atoms with E-state index >= 15 is 0 Å². The van der Waals surface area contributed by atoms with Crippen LogP contribution in [0.25, 0.3) is 0 Å². The van der Waals surface area contributed by atoms with Crippen LogP contribution in [0.5, 0.6) is 0 Å². The van der Waals surface area contributed by atoms with Crippen molar-refractivity contribution in [1.29, 1.82) is 5.26 Å². The van der Waals surface area contributed by atoms with Gasteiger partial charge in [0.1, 0.15) is 0 Å². The minimum atomic E-state index is 0.00144. The van der Waals surface area contributed by atoms with Gasteiger partial charge in [0.25, 0.3) is 0 Å². The van der Waals surface area contributed by atoms with Crippen molar-refractivity contribution in [2.45, 2.75) is 44.4 Å². The third-order valence-corrected chi connectivity index (χ3v) is 3.53. The molecule has 1 aliphatic heterocycles. The molecule has 0 amide bonds. The summed E-state index contributed by atoms with van der Waals surface area (Å²) in [5.41, 5.74) is 0. The van der Waals surface area contributed by atoms with Gasteiger partial charge in [-0.05, 0) is 39.2 Å². The van der Waals surface area contributed by atoms with Crippen LogP contribution in [0.2, 0.25) is 0 Å². The van der Waals surface area contributed by atoms with Gasteiger partial charge >= 0.3 is 0 Å². The van der Waals surface area contributed by atoms with Gasteiger partial charge in [-0.2, -0.15) is 5.26 Å². The van der Waals surface area contributed by atoms with E-state index in [2.05, 4.69) is 11.0 Å². The van der Waals surface area contributed by atoms with Gasteiger partial charge in [0.2, 0.25) is 0 Å². The molecule has 3 nitrogen and oxygen atoms in total. The third kappa shape index (κ3) is 1.92. The second-order valence-electron chi connectivity index (χ2n) is 4.57. The molecule has 0 bridgehead atoms. The lowest BCUT2D eigenvalue weighted by molar-refractivity contribution is 0.0847. The zero-order valence-corrected chi connectivity index (χ0v) is 8.94. The van der Waals surface area contributed by atoms with Crippen molar-refractivity contribution in [2.75, 3.05) is 13.7 Å². The van der Waals surface area contributed by atoms with Gasteiger partial charge in [0.15, 0.2) is 0 Å². The molecule has 3 unspecified atom stereocenters. The van der Waals surface area contributed by atoms with Crippen LogP contribution in [-0.4, -0.2) is 36.7 Å². The minimum Gasteiger partial charge on any atom is -0.376 e. The Morgan fingerprint density at radius 2 is 2.21 bits per heavy atom. The van der Waals surface area contributed by atoms with Crippen LogP contribution in [0.15, 0.2) is 0 Å². The van der Waals surface area contributed by atoms with Crippen molar-refractivity contribution in [1.82, 2.24) is 4.90 Å². The van der Waals surface area contributed by atoms with E-state index in [1.807, 2.05) is 14.0 Å². The average Bonchev–Trinajstić information content (AvgIpc) is 2.94. The molecule has 0 N–H and O–H groups in total. The molecule has 3 heteroatoms. The zero-order valence-electron chi connectivity index (χ0n) is 8.94. The van der Waals surface area contributed by atoms with Crippen LogP contribution < -0.4 is 0 Å². The molecule has 78 valence electrons. The summed E-state index contributed by atoms with van der Waals surface area (Å²) < 4.78 is 5.75. The first-order chi connectivity index (χ1) is 6.72. The highest BCUT2D eigenvalue weighted by molar-refractivity contribution is 4.95. The summed E-state index contributed by atoms with van der Waals surface area (Å²) >= 11 is 0. The quantitative estimate of drug-likeness (QED) is 0.681. The number of rotatable bonds is 3. The highest BCUT2D eigenvalue weighted by Crippen LogP contribution is 2.39. The minimum absolute atomic E-state index is 0.00144. The van der Waals surface area contributed by atoms with Gasteiger partial charge in [-0.25, -0.2) is 0 Å². The van der Waals surface area contributed by atoms with Gasteiger partial charge in [-0.3, -0.25) is 4.90 Å². The van der Waals surface area contributed by atoms with Crippen molar-refractivity contribution in [3.8, 4) is 6.07 Å². The number of hydrogen-bond donors (Lipinski definition) is 0. The van der Waals surface area contributed by atoms with Crippen LogP contribution in [0.4, 0.5) is 0 Å². The molecular formula is C11H18N2O. The predicted molar refractivity (Wildman–Crippen MR) is 53.7 cm³/mol. The van der Waals surface area contributed by atoms with Crippen molar-refractivity contribution in [2.24, 2.45) is 5.92 Å². The van der Waals surface area contributed by atoms with Crippen LogP contribution in [0.3, 0.4) is 0 Å². The maximum absolute atomic E-state index is 8.82. The number of nitriles is 1.